The summed E-state index contributed by atoms with van der Waals surface area (Å²) in [6.07, 6.45) is 1.60. The van der Waals surface area contributed by atoms with Crippen LogP contribution in [0.3, 0.4) is 0 Å². The van der Waals surface area contributed by atoms with E-state index in [1.54, 1.807) is 43.4 Å². The second kappa shape index (κ2) is 5.57. The van der Waals surface area contributed by atoms with Crippen molar-refractivity contribution in [1.29, 1.82) is 0 Å². The molecule has 1 N–H and O–H groups in total. The van der Waals surface area contributed by atoms with Crippen molar-refractivity contribution in [2.45, 2.75) is 0 Å². The summed E-state index contributed by atoms with van der Waals surface area (Å²) in [5, 5.41) is 12.7. The summed E-state index contributed by atoms with van der Waals surface area (Å²) >= 11 is 0. The summed E-state index contributed by atoms with van der Waals surface area (Å²) < 4.78 is 0. The lowest BCUT2D eigenvalue weighted by Gasteiger charge is -2.14. The van der Waals surface area contributed by atoms with E-state index in [2.05, 4.69) is 4.98 Å². The summed E-state index contributed by atoms with van der Waals surface area (Å²) in [5.74, 6) is 0. The van der Waals surface area contributed by atoms with Gasteiger partial charge in [0, 0.05) is 37.3 Å². The van der Waals surface area contributed by atoms with Crippen molar-refractivity contribution in [3.63, 3.8) is 0 Å². The molecule has 1 aromatic heterocycles. The molecule has 0 aliphatic heterocycles. The summed E-state index contributed by atoms with van der Waals surface area (Å²) in [5.41, 5.74) is 1.84. The normalized spacial score (nSPS) is 10.7. The van der Waals surface area contributed by atoms with Gasteiger partial charge in [0.25, 0.3) is 11.2 Å². The molecule has 0 aliphatic carbocycles. The molecule has 3 aromatic rings. The van der Waals surface area contributed by atoms with Crippen LogP contribution in [-0.4, -0.2) is 24.0 Å². The predicted molar refractivity (Wildman–Crippen MR) is 91.0 cm³/mol. The molecular formula is C17H15N3O3. The molecule has 6 nitrogen and oxygen atoms in total. The molecule has 0 saturated carbocycles. The number of H-pyrrole nitrogens is 1. The van der Waals surface area contributed by atoms with Crippen LogP contribution in [0, 0.1) is 10.1 Å². The standard InChI is InChI=1S/C17H15N3O3/c1-19(2)15-8-7-11(9-16(15)20(22)23)14-10-18-17(21)13-6-4-3-5-12(13)14/h3-10H,1-2H3,(H,18,21). The lowest BCUT2D eigenvalue weighted by molar-refractivity contribution is -0.384. The van der Waals surface area contributed by atoms with Crippen molar-refractivity contribution in [2.24, 2.45) is 0 Å². The average Bonchev–Trinajstić information content (AvgIpc) is 2.55. The lowest BCUT2D eigenvalue weighted by Crippen LogP contribution is -2.11. The van der Waals surface area contributed by atoms with E-state index in [9.17, 15) is 14.9 Å². The van der Waals surface area contributed by atoms with Gasteiger partial charge in [-0.25, -0.2) is 0 Å². The van der Waals surface area contributed by atoms with Crippen LogP contribution in [0.25, 0.3) is 21.9 Å². The van der Waals surface area contributed by atoms with Gasteiger partial charge in [0.1, 0.15) is 5.69 Å². The van der Waals surface area contributed by atoms with Crippen molar-refractivity contribution >= 4 is 22.1 Å². The van der Waals surface area contributed by atoms with Gasteiger partial charge in [0.2, 0.25) is 0 Å². The second-order valence-electron chi connectivity index (χ2n) is 5.43. The molecule has 0 saturated heterocycles. The number of aromatic amines is 1. The Morgan fingerprint density at radius 2 is 1.78 bits per heavy atom. The Morgan fingerprint density at radius 3 is 2.43 bits per heavy atom. The van der Waals surface area contributed by atoms with E-state index in [1.807, 2.05) is 18.2 Å². The van der Waals surface area contributed by atoms with Crippen LogP contribution in [0.5, 0.6) is 0 Å². The number of fused-ring (bicyclic) bond motifs is 1. The number of pyridine rings is 1. The number of nitrogens with zero attached hydrogens (tertiary/aromatic N) is 2. The molecule has 0 unspecified atom stereocenters. The maximum atomic E-state index is 11.9. The number of nitro benzene ring substituents is 1. The smallest absolute Gasteiger partial charge is 0.293 e. The third kappa shape index (κ3) is 2.55. The summed E-state index contributed by atoms with van der Waals surface area (Å²) in [6.45, 7) is 0. The zero-order valence-electron chi connectivity index (χ0n) is 12.7. The van der Waals surface area contributed by atoms with Gasteiger partial charge in [-0.1, -0.05) is 24.3 Å². The molecule has 1 heterocycles. The number of nitrogens with one attached hydrogen (secondary N) is 1. The van der Waals surface area contributed by atoms with Crippen molar-refractivity contribution < 1.29 is 4.92 Å². The van der Waals surface area contributed by atoms with E-state index in [-0.39, 0.29) is 11.2 Å². The number of aromatic nitrogens is 1. The molecule has 0 atom stereocenters. The minimum atomic E-state index is -0.396. The molecular weight excluding hydrogens is 294 g/mol. The van der Waals surface area contributed by atoms with Crippen LogP contribution in [0.2, 0.25) is 0 Å². The Hall–Kier alpha value is -3.15. The number of nitro groups is 1. The largest absolute Gasteiger partial charge is 0.372 e. The highest BCUT2D eigenvalue weighted by Gasteiger charge is 2.17. The zero-order chi connectivity index (χ0) is 16.6. The summed E-state index contributed by atoms with van der Waals surface area (Å²) in [4.78, 5) is 27.3. The molecule has 0 fully saturated rings. The molecule has 23 heavy (non-hydrogen) atoms. The first kappa shape index (κ1) is 14.8. The van der Waals surface area contributed by atoms with Crippen LogP contribution in [0.1, 0.15) is 0 Å². The van der Waals surface area contributed by atoms with E-state index in [0.717, 1.165) is 10.9 Å². The number of hydrogen-bond acceptors (Lipinski definition) is 4. The van der Waals surface area contributed by atoms with Crippen LogP contribution in [0.15, 0.2) is 53.5 Å². The van der Waals surface area contributed by atoms with Crippen LogP contribution in [0.4, 0.5) is 11.4 Å². The first-order chi connectivity index (χ1) is 11.0. The third-order valence-corrected chi connectivity index (χ3v) is 3.77. The molecule has 3 rings (SSSR count). The Morgan fingerprint density at radius 1 is 1.09 bits per heavy atom. The van der Waals surface area contributed by atoms with E-state index in [1.165, 1.54) is 6.07 Å². The number of anilines is 1. The van der Waals surface area contributed by atoms with Gasteiger partial charge in [0.05, 0.1) is 4.92 Å². The Kier molecular flexibility index (Phi) is 3.57. The first-order valence-electron chi connectivity index (χ1n) is 7.05. The van der Waals surface area contributed by atoms with Crippen LogP contribution in [-0.2, 0) is 0 Å². The van der Waals surface area contributed by atoms with Crippen LogP contribution >= 0.6 is 0 Å². The first-order valence-corrected chi connectivity index (χ1v) is 7.05. The van der Waals surface area contributed by atoms with E-state index >= 15 is 0 Å². The highest BCUT2D eigenvalue weighted by Crippen LogP contribution is 2.34. The van der Waals surface area contributed by atoms with Gasteiger partial charge in [-0.3, -0.25) is 14.9 Å². The predicted octanol–water partition coefficient (Wildman–Crippen LogP) is 3.17. The minimum Gasteiger partial charge on any atom is -0.372 e. The molecule has 0 bridgehead atoms. The fourth-order valence-electron chi connectivity index (χ4n) is 2.66. The SMILES string of the molecule is CN(C)c1ccc(-c2c[nH]c(=O)c3ccccc23)cc1[N+](=O)[O-]. The van der Waals surface area contributed by atoms with Crippen molar-refractivity contribution in [2.75, 3.05) is 19.0 Å². The summed E-state index contributed by atoms with van der Waals surface area (Å²) in [7, 11) is 3.52. The van der Waals surface area contributed by atoms with Crippen molar-refractivity contribution in [3.05, 3.63) is 69.1 Å². The quantitative estimate of drug-likeness (QED) is 0.595. The molecule has 0 amide bonds. The number of rotatable bonds is 3. The molecule has 0 aliphatic rings. The van der Waals surface area contributed by atoms with Crippen molar-refractivity contribution in [3.8, 4) is 11.1 Å². The third-order valence-electron chi connectivity index (χ3n) is 3.77. The number of hydrogen-bond donors (Lipinski definition) is 1. The maximum absolute atomic E-state index is 11.9. The lowest BCUT2D eigenvalue weighted by atomic mass is 10.00. The van der Waals surface area contributed by atoms with Crippen LogP contribution < -0.4 is 10.5 Å². The van der Waals surface area contributed by atoms with Gasteiger partial charge in [-0.15, -0.1) is 0 Å². The zero-order valence-corrected chi connectivity index (χ0v) is 12.7. The van der Waals surface area contributed by atoms with Gasteiger partial charge in [-0.2, -0.15) is 0 Å². The van der Waals surface area contributed by atoms with Gasteiger partial charge in [0.15, 0.2) is 0 Å². The molecule has 6 heteroatoms. The van der Waals surface area contributed by atoms with E-state index < -0.39 is 4.92 Å². The van der Waals surface area contributed by atoms with Gasteiger partial charge < -0.3 is 9.88 Å². The fourth-order valence-corrected chi connectivity index (χ4v) is 2.66. The van der Waals surface area contributed by atoms with Crippen molar-refractivity contribution in [1.82, 2.24) is 4.98 Å². The second-order valence-corrected chi connectivity index (χ2v) is 5.43. The Balaban J connectivity index is 2.28. The molecule has 116 valence electrons. The molecule has 0 spiro atoms. The monoisotopic (exact) mass is 309 g/mol. The van der Waals surface area contributed by atoms with E-state index in [4.69, 9.17) is 0 Å². The molecule has 2 aromatic carbocycles. The number of benzene rings is 2. The maximum Gasteiger partial charge on any atom is 0.293 e. The van der Waals surface area contributed by atoms with Gasteiger partial charge >= 0.3 is 0 Å². The summed E-state index contributed by atoms with van der Waals surface area (Å²) in [6, 6.07) is 12.3. The Bertz CT molecular complexity index is 961. The minimum absolute atomic E-state index is 0.0304. The highest BCUT2D eigenvalue weighted by molar-refractivity contribution is 5.96. The molecule has 0 radical (unpaired) electrons. The fraction of sp³-hybridized carbons (Fsp3) is 0.118. The average molecular weight is 309 g/mol. The topological polar surface area (TPSA) is 79.2 Å². The Labute approximate surface area is 132 Å². The van der Waals surface area contributed by atoms with E-state index in [0.29, 0.717) is 16.6 Å². The van der Waals surface area contributed by atoms with Gasteiger partial charge in [-0.05, 0) is 23.1 Å². The highest BCUT2D eigenvalue weighted by atomic mass is 16.6.